The van der Waals surface area contributed by atoms with Crippen LogP contribution in [0, 0.1) is 5.92 Å². The summed E-state index contributed by atoms with van der Waals surface area (Å²) in [4.78, 5) is 2.51. The first kappa shape index (κ1) is 9.63. The Hall–Kier alpha value is 0.540. The van der Waals surface area contributed by atoms with E-state index in [1.165, 1.54) is 25.9 Å². The molecule has 2 bridgehead atoms. The van der Waals surface area contributed by atoms with Crippen molar-refractivity contribution in [1.29, 1.82) is 0 Å². The molecule has 66 valence electrons. The molecule has 3 heterocycles. The second kappa shape index (κ2) is 3.51. The summed E-state index contributed by atoms with van der Waals surface area (Å²) in [6.45, 7) is 4.83. The molecule has 0 spiro atoms. The van der Waals surface area contributed by atoms with Gasteiger partial charge in [-0.15, -0.1) is 24.0 Å². The number of alkyl halides is 1. The van der Waals surface area contributed by atoms with E-state index >= 15 is 0 Å². The van der Waals surface area contributed by atoms with Crippen LogP contribution in [0.3, 0.4) is 0 Å². The lowest BCUT2D eigenvalue weighted by atomic mass is 9.83. The molecule has 3 aliphatic rings. The Balaban J connectivity index is 0.000000605. The second-order valence-electron chi connectivity index (χ2n) is 3.56. The predicted octanol–water partition coefficient (Wildman–Crippen LogP) is 2.13. The lowest BCUT2D eigenvalue weighted by molar-refractivity contribution is 0.0641. The van der Waals surface area contributed by atoms with E-state index in [0.717, 1.165) is 5.92 Å². The largest absolute Gasteiger partial charge is 0.299 e. The Morgan fingerprint density at radius 3 is 2.09 bits per heavy atom. The summed E-state index contributed by atoms with van der Waals surface area (Å²) in [6.07, 6.45) is 2.66. The number of hydrogen-bond acceptors (Lipinski definition) is 1. The third-order valence-electron chi connectivity index (χ3n) is 3.06. The first-order valence-corrected chi connectivity index (χ1v) is 4.61. The van der Waals surface area contributed by atoms with Crippen LogP contribution in [-0.4, -0.2) is 29.4 Å². The fourth-order valence-electron chi connectivity index (χ4n) is 2.24. The first-order chi connectivity index (χ1) is 4.79. The van der Waals surface area contributed by atoms with Gasteiger partial charge in [0.25, 0.3) is 0 Å². The van der Waals surface area contributed by atoms with E-state index in [0.29, 0.717) is 11.4 Å². The molecule has 0 aromatic heterocycles. The van der Waals surface area contributed by atoms with Gasteiger partial charge in [-0.1, -0.05) is 0 Å². The van der Waals surface area contributed by atoms with E-state index in [1.807, 2.05) is 0 Å². The Morgan fingerprint density at radius 2 is 1.82 bits per heavy atom. The predicted molar refractivity (Wildman–Crippen MR) is 50.6 cm³/mol. The molecule has 1 nitrogen and oxygen atoms in total. The molecule has 0 amide bonds. The van der Waals surface area contributed by atoms with Crippen LogP contribution in [0.2, 0.25) is 0 Å². The van der Waals surface area contributed by atoms with Crippen LogP contribution in [0.15, 0.2) is 0 Å². The molecule has 0 aromatic carbocycles. The summed E-state index contributed by atoms with van der Waals surface area (Å²) in [5, 5.41) is 0.433. The van der Waals surface area contributed by atoms with Crippen LogP contribution >= 0.6 is 24.0 Å². The highest BCUT2D eigenvalue weighted by Gasteiger charge is 2.38. The molecule has 11 heavy (non-hydrogen) atoms. The fraction of sp³-hybridized carbons (Fsp3) is 1.00. The van der Waals surface area contributed by atoms with E-state index in [4.69, 9.17) is 11.6 Å². The highest BCUT2D eigenvalue weighted by Crippen LogP contribution is 2.35. The molecule has 3 aliphatic heterocycles. The van der Waals surface area contributed by atoms with Gasteiger partial charge in [0.1, 0.15) is 0 Å². The van der Waals surface area contributed by atoms with Crippen molar-refractivity contribution in [2.75, 3.05) is 13.1 Å². The van der Waals surface area contributed by atoms with Gasteiger partial charge in [-0.25, -0.2) is 0 Å². The minimum absolute atomic E-state index is 0. The molecule has 3 rings (SSSR count). The molecular formula is C8H15Cl2N. The molecule has 0 N–H and O–H groups in total. The lowest BCUT2D eigenvalue weighted by Gasteiger charge is -2.47. The molecule has 0 aliphatic carbocycles. The van der Waals surface area contributed by atoms with Gasteiger partial charge in [0, 0.05) is 6.04 Å². The smallest absolute Gasteiger partial charge is 0.0517 e. The normalized spacial score (nSPS) is 48.5. The van der Waals surface area contributed by atoms with Crippen LogP contribution < -0.4 is 0 Å². The van der Waals surface area contributed by atoms with Crippen molar-refractivity contribution in [2.45, 2.75) is 31.2 Å². The van der Waals surface area contributed by atoms with Gasteiger partial charge in [-0.3, -0.25) is 4.90 Å². The summed E-state index contributed by atoms with van der Waals surface area (Å²) >= 11 is 6.22. The molecule has 2 atom stereocenters. The SMILES string of the molecule is CC1C(Cl)C2CCN1CC2.Cl. The number of fused-ring (bicyclic) bond motifs is 3. The molecule has 0 radical (unpaired) electrons. The van der Waals surface area contributed by atoms with Crippen molar-refractivity contribution >= 4 is 24.0 Å². The van der Waals surface area contributed by atoms with Crippen molar-refractivity contribution in [3.05, 3.63) is 0 Å². The van der Waals surface area contributed by atoms with Crippen molar-refractivity contribution in [3.63, 3.8) is 0 Å². The third kappa shape index (κ3) is 1.51. The van der Waals surface area contributed by atoms with E-state index in [2.05, 4.69) is 11.8 Å². The van der Waals surface area contributed by atoms with Gasteiger partial charge in [-0.2, -0.15) is 0 Å². The van der Waals surface area contributed by atoms with Crippen LogP contribution in [0.25, 0.3) is 0 Å². The quantitative estimate of drug-likeness (QED) is 0.536. The van der Waals surface area contributed by atoms with Crippen molar-refractivity contribution < 1.29 is 0 Å². The summed E-state index contributed by atoms with van der Waals surface area (Å²) in [7, 11) is 0. The number of hydrogen-bond donors (Lipinski definition) is 0. The standard InChI is InChI=1S/C8H14ClN.ClH/c1-6-8(9)7-2-4-10(6)5-3-7;/h6-8H,2-5H2,1H3;1H. The average Bonchev–Trinajstić information content (AvgIpc) is 2.00. The van der Waals surface area contributed by atoms with Crippen molar-refractivity contribution in [3.8, 4) is 0 Å². The van der Waals surface area contributed by atoms with Crippen LogP contribution in [0.1, 0.15) is 19.8 Å². The molecular weight excluding hydrogens is 181 g/mol. The number of nitrogens with zero attached hydrogens (tertiary/aromatic N) is 1. The molecule has 3 heteroatoms. The lowest BCUT2D eigenvalue weighted by Crippen LogP contribution is -2.54. The summed E-state index contributed by atoms with van der Waals surface area (Å²) in [6, 6.07) is 0.633. The topological polar surface area (TPSA) is 3.24 Å². The molecule has 2 unspecified atom stereocenters. The zero-order valence-corrected chi connectivity index (χ0v) is 8.37. The van der Waals surface area contributed by atoms with E-state index in [-0.39, 0.29) is 12.4 Å². The van der Waals surface area contributed by atoms with Crippen LogP contribution in [0.5, 0.6) is 0 Å². The van der Waals surface area contributed by atoms with Crippen molar-refractivity contribution in [2.24, 2.45) is 5.92 Å². The average molecular weight is 196 g/mol. The second-order valence-corrected chi connectivity index (χ2v) is 4.06. The third-order valence-corrected chi connectivity index (χ3v) is 3.78. The van der Waals surface area contributed by atoms with Crippen LogP contribution in [-0.2, 0) is 0 Å². The van der Waals surface area contributed by atoms with Gasteiger partial charge in [0.05, 0.1) is 5.38 Å². The van der Waals surface area contributed by atoms with Gasteiger partial charge < -0.3 is 0 Å². The zero-order chi connectivity index (χ0) is 7.14. The Kier molecular flexibility index (Phi) is 3.07. The van der Waals surface area contributed by atoms with E-state index in [9.17, 15) is 0 Å². The maximum atomic E-state index is 6.22. The van der Waals surface area contributed by atoms with Gasteiger partial charge >= 0.3 is 0 Å². The number of piperidine rings is 3. The minimum atomic E-state index is 0. The zero-order valence-electron chi connectivity index (χ0n) is 6.79. The highest BCUT2D eigenvalue weighted by molar-refractivity contribution is 6.21. The Morgan fingerprint density at radius 1 is 1.27 bits per heavy atom. The van der Waals surface area contributed by atoms with Crippen LogP contribution in [0.4, 0.5) is 0 Å². The summed E-state index contributed by atoms with van der Waals surface area (Å²) in [5.74, 6) is 0.821. The Bertz CT molecular complexity index is 112. The maximum Gasteiger partial charge on any atom is 0.0517 e. The summed E-state index contributed by atoms with van der Waals surface area (Å²) in [5.41, 5.74) is 0. The number of halogens is 2. The minimum Gasteiger partial charge on any atom is -0.299 e. The van der Waals surface area contributed by atoms with E-state index < -0.39 is 0 Å². The molecule has 3 fully saturated rings. The number of rotatable bonds is 0. The van der Waals surface area contributed by atoms with Gasteiger partial charge in [0.15, 0.2) is 0 Å². The molecule has 0 aromatic rings. The Labute approximate surface area is 79.5 Å². The van der Waals surface area contributed by atoms with E-state index in [1.54, 1.807) is 0 Å². The first-order valence-electron chi connectivity index (χ1n) is 4.17. The monoisotopic (exact) mass is 195 g/mol. The van der Waals surface area contributed by atoms with Crippen molar-refractivity contribution in [1.82, 2.24) is 4.90 Å². The van der Waals surface area contributed by atoms with Gasteiger partial charge in [-0.05, 0) is 38.8 Å². The molecule has 3 saturated heterocycles. The molecule has 0 saturated carbocycles. The fourth-order valence-corrected chi connectivity index (χ4v) is 2.65. The maximum absolute atomic E-state index is 6.22. The summed E-state index contributed by atoms with van der Waals surface area (Å²) < 4.78 is 0. The highest BCUT2D eigenvalue weighted by atomic mass is 35.5. The van der Waals surface area contributed by atoms with Gasteiger partial charge in [0.2, 0.25) is 0 Å².